The maximum atomic E-state index is 8.84. The minimum atomic E-state index is 0.302. The van der Waals surface area contributed by atoms with Crippen molar-refractivity contribution in [1.29, 1.82) is 5.26 Å². The number of thiophene rings is 1. The van der Waals surface area contributed by atoms with E-state index in [1.165, 1.54) is 30.7 Å². The number of likely N-dealkylation sites (tertiary alicyclic amines) is 1. The number of nitriles is 1. The van der Waals surface area contributed by atoms with Crippen LogP contribution >= 0.6 is 11.3 Å². The predicted molar refractivity (Wildman–Crippen MR) is 66.8 cm³/mol. The molecular weight excluding hydrogens is 232 g/mol. The van der Waals surface area contributed by atoms with Crippen LogP contribution in [0.5, 0.6) is 0 Å². The van der Waals surface area contributed by atoms with Crippen molar-refractivity contribution in [2.24, 2.45) is 0 Å². The van der Waals surface area contributed by atoms with Gasteiger partial charge in [0.1, 0.15) is 10.9 Å². The van der Waals surface area contributed by atoms with E-state index in [4.69, 9.17) is 10.00 Å². The molecule has 3 nitrogen and oxygen atoms in total. The highest BCUT2D eigenvalue weighted by molar-refractivity contribution is 7.12. The highest BCUT2D eigenvalue weighted by atomic mass is 32.1. The maximum absolute atomic E-state index is 8.84. The molecule has 0 unspecified atom stereocenters. The second-order valence-corrected chi connectivity index (χ2v) is 6.10. The molecule has 1 aromatic heterocycles. The summed E-state index contributed by atoms with van der Waals surface area (Å²) in [4.78, 5) is 4.68. The van der Waals surface area contributed by atoms with Gasteiger partial charge < -0.3 is 4.74 Å². The standard InChI is InChI=1S/C13H16N2OS/c14-8-11-2-3-12(17-11)9-15-6-1-4-13(15)5-7-16-10-13/h2-3H,1,4-7,9-10H2/t13-/m1/s1. The lowest BCUT2D eigenvalue weighted by molar-refractivity contribution is 0.0968. The van der Waals surface area contributed by atoms with Crippen LogP contribution in [0.25, 0.3) is 0 Å². The zero-order valence-electron chi connectivity index (χ0n) is 9.82. The quantitative estimate of drug-likeness (QED) is 0.806. The monoisotopic (exact) mass is 248 g/mol. The number of nitrogens with zero attached hydrogens (tertiary/aromatic N) is 2. The Balaban J connectivity index is 1.74. The van der Waals surface area contributed by atoms with Gasteiger partial charge in [-0.2, -0.15) is 5.26 Å². The van der Waals surface area contributed by atoms with Crippen LogP contribution in [0.2, 0.25) is 0 Å². The molecule has 0 radical (unpaired) electrons. The van der Waals surface area contributed by atoms with E-state index >= 15 is 0 Å². The second-order valence-electron chi connectivity index (χ2n) is 4.93. The van der Waals surface area contributed by atoms with Crippen molar-refractivity contribution in [3.63, 3.8) is 0 Å². The lowest BCUT2D eigenvalue weighted by Gasteiger charge is -2.33. The van der Waals surface area contributed by atoms with Crippen LogP contribution in [-0.4, -0.2) is 30.2 Å². The van der Waals surface area contributed by atoms with E-state index in [1.807, 2.05) is 6.07 Å². The van der Waals surface area contributed by atoms with E-state index in [1.54, 1.807) is 11.3 Å². The largest absolute Gasteiger partial charge is 0.379 e. The lowest BCUT2D eigenvalue weighted by atomic mass is 9.95. The van der Waals surface area contributed by atoms with Crippen LogP contribution in [0.1, 0.15) is 29.0 Å². The smallest absolute Gasteiger partial charge is 0.110 e. The molecule has 0 N–H and O–H groups in total. The average Bonchev–Trinajstić information content (AvgIpc) is 3.04. The molecule has 3 heterocycles. The fourth-order valence-corrected chi connectivity index (χ4v) is 3.82. The minimum absolute atomic E-state index is 0.302. The maximum Gasteiger partial charge on any atom is 0.110 e. The SMILES string of the molecule is N#Cc1ccc(CN2CCC[C@]23CCOC3)s1. The minimum Gasteiger partial charge on any atom is -0.379 e. The van der Waals surface area contributed by atoms with Crippen molar-refractivity contribution < 1.29 is 4.74 Å². The van der Waals surface area contributed by atoms with Gasteiger partial charge in [-0.3, -0.25) is 4.90 Å². The Hall–Kier alpha value is -0.890. The molecule has 0 amide bonds. The van der Waals surface area contributed by atoms with Crippen LogP contribution in [0.3, 0.4) is 0 Å². The molecular formula is C13H16N2OS. The fourth-order valence-electron chi connectivity index (χ4n) is 3.00. The number of hydrogen-bond donors (Lipinski definition) is 0. The summed E-state index contributed by atoms with van der Waals surface area (Å²) in [7, 11) is 0. The molecule has 2 aliphatic rings. The lowest BCUT2D eigenvalue weighted by Crippen LogP contribution is -2.43. The van der Waals surface area contributed by atoms with Crippen molar-refractivity contribution in [2.75, 3.05) is 19.8 Å². The van der Waals surface area contributed by atoms with Gasteiger partial charge in [-0.15, -0.1) is 11.3 Å². The fraction of sp³-hybridized carbons (Fsp3) is 0.615. The van der Waals surface area contributed by atoms with Crippen LogP contribution in [-0.2, 0) is 11.3 Å². The number of ether oxygens (including phenoxy) is 1. The van der Waals surface area contributed by atoms with Crippen LogP contribution in [0.15, 0.2) is 12.1 Å². The summed E-state index contributed by atoms with van der Waals surface area (Å²) in [6.45, 7) is 3.95. The molecule has 4 heteroatoms. The third-order valence-corrected chi connectivity index (χ3v) is 4.92. The van der Waals surface area contributed by atoms with Gasteiger partial charge in [0.15, 0.2) is 0 Å². The van der Waals surface area contributed by atoms with Gasteiger partial charge >= 0.3 is 0 Å². The summed E-state index contributed by atoms with van der Waals surface area (Å²) in [5.74, 6) is 0. The molecule has 90 valence electrons. The van der Waals surface area contributed by atoms with E-state index in [9.17, 15) is 0 Å². The molecule has 1 atom stereocenters. The van der Waals surface area contributed by atoms with E-state index < -0.39 is 0 Å². The van der Waals surface area contributed by atoms with Crippen LogP contribution in [0.4, 0.5) is 0 Å². The molecule has 17 heavy (non-hydrogen) atoms. The molecule has 0 saturated carbocycles. The Morgan fingerprint density at radius 1 is 1.47 bits per heavy atom. The van der Waals surface area contributed by atoms with Crippen LogP contribution < -0.4 is 0 Å². The summed E-state index contributed by atoms with van der Waals surface area (Å²) >= 11 is 1.62. The predicted octanol–water partition coefficient (Wildman–Crippen LogP) is 2.37. The van der Waals surface area contributed by atoms with Crippen molar-refractivity contribution >= 4 is 11.3 Å². The van der Waals surface area contributed by atoms with Crippen LogP contribution in [0, 0.1) is 11.3 Å². The summed E-state index contributed by atoms with van der Waals surface area (Å²) in [6, 6.07) is 6.22. The normalized spacial score (nSPS) is 28.9. The van der Waals surface area contributed by atoms with Gasteiger partial charge in [0, 0.05) is 23.6 Å². The average molecular weight is 248 g/mol. The molecule has 3 rings (SSSR count). The Morgan fingerprint density at radius 3 is 3.12 bits per heavy atom. The van der Waals surface area contributed by atoms with E-state index in [0.717, 1.165) is 24.6 Å². The first kappa shape index (κ1) is 11.2. The molecule has 2 fully saturated rings. The zero-order valence-corrected chi connectivity index (χ0v) is 10.6. The Morgan fingerprint density at radius 2 is 2.41 bits per heavy atom. The first-order valence-corrected chi connectivity index (χ1v) is 6.96. The van der Waals surface area contributed by atoms with Crippen molar-refractivity contribution in [2.45, 2.75) is 31.3 Å². The summed E-state index contributed by atoms with van der Waals surface area (Å²) in [5, 5.41) is 8.84. The first-order valence-electron chi connectivity index (χ1n) is 6.14. The van der Waals surface area contributed by atoms with Gasteiger partial charge in [0.2, 0.25) is 0 Å². The third kappa shape index (κ3) is 1.99. The highest BCUT2D eigenvalue weighted by Gasteiger charge is 2.43. The van der Waals surface area contributed by atoms with Gasteiger partial charge in [0.25, 0.3) is 0 Å². The Bertz CT molecular complexity index is 437. The van der Waals surface area contributed by atoms with Crippen molar-refractivity contribution in [1.82, 2.24) is 4.90 Å². The Kier molecular flexibility index (Phi) is 2.91. The van der Waals surface area contributed by atoms with Gasteiger partial charge in [-0.05, 0) is 37.9 Å². The first-order chi connectivity index (χ1) is 8.32. The van der Waals surface area contributed by atoms with E-state index in [0.29, 0.717) is 5.54 Å². The number of hydrogen-bond acceptors (Lipinski definition) is 4. The highest BCUT2D eigenvalue weighted by Crippen LogP contribution is 2.38. The van der Waals surface area contributed by atoms with Crippen molar-refractivity contribution in [3.8, 4) is 6.07 Å². The van der Waals surface area contributed by atoms with Gasteiger partial charge in [0.05, 0.1) is 6.61 Å². The second kappa shape index (κ2) is 4.41. The molecule has 0 aliphatic carbocycles. The topological polar surface area (TPSA) is 36.3 Å². The zero-order chi connectivity index (χ0) is 11.7. The molecule has 1 spiro atoms. The summed E-state index contributed by atoms with van der Waals surface area (Å²) < 4.78 is 5.59. The van der Waals surface area contributed by atoms with Gasteiger partial charge in [-0.25, -0.2) is 0 Å². The molecule has 2 saturated heterocycles. The summed E-state index contributed by atoms with van der Waals surface area (Å²) in [5.41, 5.74) is 0.302. The molecule has 0 aromatic carbocycles. The van der Waals surface area contributed by atoms with Gasteiger partial charge in [-0.1, -0.05) is 0 Å². The van der Waals surface area contributed by atoms with E-state index in [-0.39, 0.29) is 0 Å². The summed E-state index contributed by atoms with van der Waals surface area (Å²) in [6.07, 6.45) is 3.72. The molecule has 0 bridgehead atoms. The molecule has 1 aromatic rings. The van der Waals surface area contributed by atoms with Crippen molar-refractivity contribution in [3.05, 3.63) is 21.9 Å². The number of rotatable bonds is 2. The van der Waals surface area contributed by atoms with E-state index in [2.05, 4.69) is 17.0 Å². The third-order valence-electron chi connectivity index (χ3n) is 3.94. The Labute approximate surface area is 106 Å². The molecule has 2 aliphatic heterocycles.